The summed E-state index contributed by atoms with van der Waals surface area (Å²) in [6.07, 6.45) is 4.48. The highest BCUT2D eigenvalue weighted by molar-refractivity contribution is 5.37. The quantitative estimate of drug-likeness (QED) is 0.726. The van der Waals surface area contributed by atoms with Crippen LogP contribution in [0.15, 0.2) is 24.3 Å². The van der Waals surface area contributed by atoms with Crippen molar-refractivity contribution in [1.29, 1.82) is 0 Å². The maximum Gasteiger partial charge on any atom is 0.0248 e. The topological polar surface area (TPSA) is 26.0 Å². The zero-order valence-corrected chi connectivity index (χ0v) is 14.2. The van der Waals surface area contributed by atoms with Gasteiger partial charge in [-0.1, -0.05) is 51.7 Å². The highest BCUT2D eigenvalue weighted by atomic mass is 14.5. The van der Waals surface area contributed by atoms with Gasteiger partial charge in [0.25, 0.3) is 0 Å². The Kier molecular flexibility index (Phi) is 8.16. The van der Waals surface area contributed by atoms with Crippen LogP contribution in [-0.2, 0) is 6.42 Å². The molecule has 0 aliphatic heterocycles. The standard InChI is InChI=1S/C20H31N/c1-16(2)13-20(14-17(3)4)11-10-19-8-5-7-18(15-19)9-6-12-21/h5,7-8,15-17,20H,6,9,12-14,21H2,1-4H3. The number of nitrogens with two attached hydrogens (primary N) is 1. The summed E-state index contributed by atoms with van der Waals surface area (Å²) in [5.74, 6) is 8.82. The highest BCUT2D eigenvalue weighted by Crippen LogP contribution is 2.19. The van der Waals surface area contributed by atoms with Crippen molar-refractivity contribution in [2.45, 2.75) is 53.4 Å². The molecule has 1 aromatic carbocycles. The van der Waals surface area contributed by atoms with Crippen molar-refractivity contribution in [3.8, 4) is 11.8 Å². The third-order valence-electron chi connectivity index (χ3n) is 3.53. The molecule has 116 valence electrons. The monoisotopic (exact) mass is 285 g/mol. The lowest BCUT2D eigenvalue weighted by molar-refractivity contribution is 0.410. The van der Waals surface area contributed by atoms with Crippen molar-refractivity contribution >= 4 is 0 Å². The number of hydrogen-bond donors (Lipinski definition) is 1. The van der Waals surface area contributed by atoms with Crippen LogP contribution in [0.2, 0.25) is 0 Å². The Morgan fingerprint density at radius 2 is 1.71 bits per heavy atom. The highest BCUT2D eigenvalue weighted by Gasteiger charge is 2.10. The molecule has 0 aromatic heterocycles. The minimum atomic E-state index is 0.512. The number of benzene rings is 1. The molecule has 0 aliphatic carbocycles. The van der Waals surface area contributed by atoms with Crippen LogP contribution in [0.25, 0.3) is 0 Å². The summed E-state index contributed by atoms with van der Waals surface area (Å²) >= 11 is 0. The second-order valence-corrected chi connectivity index (χ2v) is 6.82. The van der Waals surface area contributed by atoms with E-state index >= 15 is 0 Å². The molecular weight excluding hydrogens is 254 g/mol. The minimum Gasteiger partial charge on any atom is -0.330 e. The van der Waals surface area contributed by atoms with E-state index in [1.54, 1.807) is 0 Å². The first-order chi connectivity index (χ1) is 10.0. The maximum atomic E-state index is 5.58. The van der Waals surface area contributed by atoms with Crippen LogP contribution in [0, 0.1) is 29.6 Å². The molecule has 1 heteroatoms. The summed E-state index contributed by atoms with van der Waals surface area (Å²) in [7, 11) is 0. The van der Waals surface area contributed by atoms with Crippen LogP contribution in [0.4, 0.5) is 0 Å². The third-order valence-corrected chi connectivity index (χ3v) is 3.53. The molecule has 2 N–H and O–H groups in total. The van der Waals surface area contributed by atoms with Crippen molar-refractivity contribution < 1.29 is 0 Å². The fraction of sp³-hybridized carbons (Fsp3) is 0.600. The van der Waals surface area contributed by atoms with E-state index in [0.29, 0.717) is 17.8 Å². The van der Waals surface area contributed by atoms with Crippen molar-refractivity contribution in [3.63, 3.8) is 0 Å². The molecule has 1 aromatic rings. The van der Waals surface area contributed by atoms with Crippen LogP contribution < -0.4 is 5.73 Å². The lowest BCUT2D eigenvalue weighted by Gasteiger charge is -2.15. The van der Waals surface area contributed by atoms with Gasteiger partial charge in [0, 0.05) is 11.5 Å². The summed E-state index contributed by atoms with van der Waals surface area (Å²) in [6, 6.07) is 8.60. The third kappa shape index (κ3) is 7.93. The average Bonchev–Trinajstić information content (AvgIpc) is 2.42. The van der Waals surface area contributed by atoms with E-state index in [-0.39, 0.29) is 0 Å². The fourth-order valence-electron chi connectivity index (χ4n) is 2.65. The van der Waals surface area contributed by atoms with Gasteiger partial charge in [-0.25, -0.2) is 0 Å². The van der Waals surface area contributed by atoms with Crippen molar-refractivity contribution in [2.75, 3.05) is 6.54 Å². The second kappa shape index (κ2) is 9.64. The Labute approximate surface area is 131 Å². The Bertz CT molecular complexity index is 452. The van der Waals surface area contributed by atoms with Gasteiger partial charge in [0.1, 0.15) is 0 Å². The Morgan fingerprint density at radius 3 is 2.29 bits per heavy atom. The molecule has 0 atom stereocenters. The zero-order chi connectivity index (χ0) is 15.7. The average molecular weight is 285 g/mol. The summed E-state index contributed by atoms with van der Waals surface area (Å²) in [5.41, 5.74) is 8.06. The van der Waals surface area contributed by atoms with E-state index in [1.807, 2.05) is 0 Å². The molecular formula is C20H31N. The van der Waals surface area contributed by atoms with Gasteiger partial charge < -0.3 is 5.73 Å². The fourth-order valence-corrected chi connectivity index (χ4v) is 2.65. The van der Waals surface area contributed by atoms with Gasteiger partial charge in [0.15, 0.2) is 0 Å². The summed E-state index contributed by atoms with van der Waals surface area (Å²) in [4.78, 5) is 0. The normalized spacial score (nSPS) is 11.0. The SMILES string of the molecule is CC(C)CC(C#Cc1cccc(CCCN)c1)CC(C)C. The van der Waals surface area contributed by atoms with Gasteiger partial charge >= 0.3 is 0 Å². The van der Waals surface area contributed by atoms with Crippen LogP contribution >= 0.6 is 0 Å². The molecule has 1 rings (SSSR count). The van der Waals surface area contributed by atoms with E-state index in [0.717, 1.165) is 24.9 Å². The largest absolute Gasteiger partial charge is 0.330 e. The number of aryl methyl sites for hydroxylation is 1. The van der Waals surface area contributed by atoms with Gasteiger partial charge in [-0.3, -0.25) is 0 Å². The van der Waals surface area contributed by atoms with Gasteiger partial charge in [-0.2, -0.15) is 0 Å². The number of hydrogen-bond acceptors (Lipinski definition) is 1. The molecule has 1 nitrogen and oxygen atoms in total. The van der Waals surface area contributed by atoms with Gasteiger partial charge in [-0.15, -0.1) is 0 Å². The molecule has 0 aliphatic rings. The van der Waals surface area contributed by atoms with Gasteiger partial charge in [0.2, 0.25) is 0 Å². The van der Waals surface area contributed by atoms with Crippen molar-refractivity contribution in [2.24, 2.45) is 23.5 Å². The molecule has 0 spiro atoms. The van der Waals surface area contributed by atoms with Crippen molar-refractivity contribution in [3.05, 3.63) is 35.4 Å². The molecule has 0 saturated carbocycles. The molecule has 0 bridgehead atoms. The summed E-state index contributed by atoms with van der Waals surface area (Å²) in [6.45, 7) is 9.87. The molecule has 0 amide bonds. The summed E-state index contributed by atoms with van der Waals surface area (Å²) in [5, 5.41) is 0. The van der Waals surface area contributed by atoms with E-state index in [4.69, 9.17) is 5.73 Å². The maximum absolute atomic E-state index is 5.58. The second-order valence-electron chi connectivity index (χ2n) is 6.82. The molecule has 0 saturated heterocycles. The predicted octanol–water partition coefficient (Wildman–Crippen LogP) is 4.64. The molecule has 0 radical (unpaired) electrons. The Morgan fingerprint density at radius 1 is 1.05 bits per heavy atom. The molecule has 0 unspecified atom stereocenters. The first-order valence-electron chi connectivity index (χ1n) is 8.31. The lowest BCUT2D eigenvalue weighted by Crippen LogP contribution is -2.06. The van der Waals surface area contributed by atoms with Gasteiger partial charge in [-0.05, 0) is 61.8 Å². The number of rotatable bonds is 7. The molecule has 0 heterocycles. The van der Waals surface area contributed by atoms with Crippen LogP contribution in [0.5, 0.6) is 0 Å². The first kappa shape index (κ1) is 17.8. The van der Waals surface area contributed by atoms with Gasteiger partial charge in [0.05, 0.1) is 0 Å². The molecule has 0 fully saturated rings. The van der Waals surface area contributed by atoms with Crippen LogP contribution in [0.1, 0.15) is 58.1 Å². The molecule has 21 heavy (non-hydrogen) atoms. The van der Waals surface area contributed by atoms with E-state index in [9.17, 15) is 0 Å². The van der Waals surface area contributed by atoms with Crippen LogP contribution in [-0.4, -0.2) is 6.54 Å². The van der Waals surface area contributed by atoms with E-state index in [2.05, 4.69) is 63.8 Å². The van der Waals surface area contributed by atoms with Crippen molar-refractivity contribution in [1.82, 2.24) is 0 Å². The first-order valence-corrected chi connectivity index (χ1v) is 8.31. The lowest BCUT2D eigenvalue weighted by atomic mass is 9.89. The zero-order valence-electron chi connectivity index (χ0n) is 14.2. The summed E-state index contributed by atoms with van der Waals surface area (Å²) < 4.78 is 0. The Balaban J connectivity index is 2.76. The minimum absolute atomic E-state index is 0.512. The van der Waals surface area contributed by atoms with E-state index in [1.165, 1.54) is 18.4 Å². The smallest absolute Gasteiger partial charge is 0.0248 e. The predicted molar refractivity (Wildman–Crippen MR) is 93.1 cm³/mol. The Hall–Kier alpha value is -1.26. The van der Waals surface area contributed by atoms with Crippen LogP contribution in [0.3, 0.4) is 0 Å². The van der Waals surface area contributed by atoms with E-state index < -0.39 is 0 Å².